The van der Waals surface area contributed by atoms with Crippen LogP contribution in [0.15, 0.2) is 34.4 Å². The highest BCUT2D eigenvalue weighted by molar-refractivity contribution is 6.12. The Labute approximate surface area is 243 Å². The van der Waals surface area contributed by atoms with Gasteiger partial charge in [0, 0.05) is 17.4 Å². The van der Waals surface area contributed by atoms with Crippen LogP contribution in [-0.4, -0.2) is 24.0 Å². The molecule has 0 heterocycles. The number of Topliss-reactive ketones (excluding diaryl/α,β-unsaturated/α-hetero) is 1. The molecule has 0 radical (unpaired) electrons. The maximum atomic E-state index is 13.5. The molecule has 0 saturated heterocycles. The second-order valence-corrected chi connectivity index (χ2v) is 14.5. The van der Waals surface area contributed by atoms with Gasteiger partial charge in [0.05, 0.1) is 5.57 Å². The van der Waals surface area contributed by atoms with Crippen molar-refractivity contribution in [3.05, 3.63) is 34.4 Å². The van der Waals surface area contributed by atoms with Gasteiger partial charge in [-0.2, -0.15) is 5.26 Å². The number of allylic oxidation sites excluding steroid dienone is 6. The smallest absolute Gasteiger partial charge is 0.225 e. The van der Waals surface area contributed by atoms with Gasteiger partial charge in [0.25, 0.3) is 0 Å². The summed E-state index contributed by atoms with van der Waals surface area (Å²) in [6.45, 7) is 23.7. The van der Waals surface area contributed by atoms with E-state index in [-0.39, 0.29) is 39.3 Å². The molecule has 2 aliphatic carbocycles. The summed E-state index contributed by atoms with van der Waals surface area (Å²) < 4.78 is 0. The number of nitrogens with one attached hydrogen (secondary N) is 1. The average molecular weight is 551 g/mol. The van der Waals surface area contributed by atoms with E-state index >= 15 is 0 Å². The second kappa shape index (κ2) is 12.2. The molecule has 1 saturated carbocycles. The Balaban J connectivity index is 2.53. The van der Waals surface area contributed by atoms with Crippen LogP contribution in [0.1, 0.15) is 128 Å². The lowest BCUT2D eigenvalue weighted by atomic mass is 9.47. The van der Waals surface area contributed by atoms with E-state index in [1.807, 2.05) is 13.8 Å². The molecule has 1 fully saturated rings. The molecule has 2 aliphatic rings. The maximum Gasteiger partial charge on any atom is 0.225 e. The summed E-state index contributed by atoms with van der Waals surface area (Å²) >= 11 is 0. The number of carbonyl (C=O) groups excluding carboxylic acids is 3. The van der Waals surface area contributed by atoms with Crippen LogP contribution in [0.3, 0.4) is 0 Å². The molecule has 0 spiro atoms. The van der Waals surface area contributed by atoms with E-state index in [4.69, 9.17) is 0 Å². The van der Waals surface area contributed by atoms with Gasteiger partial charge in [0.1, 0.15) is 6.07 Å². The standard InChI is InChI=1S/C35H54N2O3/c1-12-15-31(5,6)17-19-33(9,30(40)37-13-2)20-18-32(7,8)35(11)16-14-27-25(4)29(39)26(23-36)22-34(27,10)28(35)21-24(3)38/h21-22H,12-20H2,1-11H3,(H,37,40)/b28-21-/t33-,34-,35+/m0/s1. The summed E-state index contributed by atoms with van der Waals surface area (Å²) in [4.78, 5) is 39.0. The van der Waals surface area contributed by atoms with Gasteiger partial charge in [-0.25, -0.2) is 0 Å². The zero-order valence-corrected chi connectivity index (χ0v) is 27.2. The molecule has 0 aromatic carbocycles. The van der Waals surface area contributed by atoms with Gasteiger partial charge in [-0.3, -0.25) is 14.4 Å². The van der Waals surface area contributed by atoms with Crippen LogP contribution in [-0.2, 0) is 14.4 Å². The molecule has 0 aromatic rings. The zero-order chi connectivity index (χ0) is 30.7. The number of hydrogen-bond acceptors (Lipinski definition) is 4. The van der Waals surface area contributed by atoms with Crippen molar-refractivity contribution in [3.63, 3.8) is 0 Å². The quantitative estimate of drug-likeness (QED) is 0.248. The Bertz CT molecular complexity index is 1160. The van der Waals surface area contributed by atoms with Crippen molar-refractivity contribution in [2.24, 2.45) is 27.1 Å². The summed E-state index contributed by atoms with van der Waals surface area (Å²) in [5.41, 5.74) is 1.15. The van der Waals surface area contributed by atoms with Crippen molar-refractivity contribution >= 4 is 17.5 Å². The molecule has 0 bridgehead atoms. The normalized spacial score (nSPS) is 26.1. The van der Waals surface area contributed by atoms with Crippen molar-refractivity contribution in [1.29, 1.82) is 5.26 Å². The van der Waals surface area contributed by atoms with Gasteiger partial charge < -0.3 is 5.32 Å². The van der Waals surface area contributed by atoms with Crippen LogP contribution in [0, 0.1) is 38.4 Å². The molecular weight excluding hydrogens is 496 g/mol. The molecule has 3 atom stereocenters. The maximum absolute atomic E-state index is 13.5. The third-order valence-electron chi connectivity index (χ3n) is 10.6. The fraction of sp³-hybridized carbons (Fsp3) is 0.714. The monoisotopic (exact) mass is 550 g/mol. The lowest BCUT2D eigenvalue weighted by Gasteiger charge is -2.56. The Kier molecular flexibility index (Phi) is 10.3. The van der Waals surface area contributed by atoms with Crippen LogP contribution >= 0.6 is 0 Å². The summed E-state index contributed by atoms with van der Waals surface area (Å²) in [5.74, 6) is -0.124. The third kappa shape index (κ3) is 6.53. The predicted octanol–water partition coefficient (Wildman–Crippen LogP) is 8.21. The molecule has 0 unspecified atom stereocenters. The Hall–Kier alpha value is -2.48. The van der Waals surface area contributed by atoms with Crippen LogP contribution in [0.25, 0.3) is 0 Å². The van der Waals surface area contributed by atoms with Crippen LogP contribution < -0.4 is 5.32 Å². The number of nitrogens with zero attached hydrogens (tertiary/aromatic N) is 1. The summed E-state index contributed by atoms with van der Waals surface area (Å²) in [6.07, 6.45) is 10.7. The van der Waals surface area contributed by atoms with Gasteiger partial charge in [-0.1, -0.05) is 54.9 Å². The molecule has 222 valence electrons. The second-order valence-electron chi connectivity index (χ2n) is 14.5. The Morgan fingerprint density at radius 1 is 1.05 bits per heavy atom. The van der Waals surface area contributed by atoms with Gasteiger partial charge in [-0.05, 0) is 118 Å². The van der Waals surface area contributed by atoms with Crippen LogP contribution in [0.2, 0.25) is 0 Å². The molecule has 0 aliphatic heterocycles. The van der Waals surface area contributed by atoms with Gasteiger partial charge in [0.15, 0.2) is 11.6 Å². The fourth-order valence-corrected chi connectivity index (χ4v) is 7.24. The number of fused-ring (bicyclic) bond motifs is 1. The number of ketones is 2. The predicted molar refractivity (Wildman–Crippen MR) is 163 cm³/mol. The largest absolute Gasteiger partial charge is 0.356 e. The van der Waals surface area contributed by atoms with Crippen molar-refractivity contribution in [2.75, 3.05) is 6.54 Å². The van der Waals surface area contributed by atoms with Crippen molar-refractivity contribution in [1.82, 2.24) is 5.32 Å². The van der Waals surface area contributed by atoms with Crippen LogP contribution in [0.5, 0.6) is 0 Å². The number of hydrogen-bond donors (Lipinski definition) is 1. The topological polar surface area (TPSA) is 87.0 Å². The zero-order valence-electron chi connectivity index (χ0n) is 27.2. The van der Waals surface area contributed by atoms with E-state index in [0.29, 0.717) is 12.1 Å². The van der Waals surface area contributed by atoms with Crippen molar-refractivity contribution in [3.8, 4) is 6.07 Å². The first-order valence-corrected chi connectivity index (χ1v) is 15.2. The van der Waals surface area contributed by atoms with Gasteiger partial charge in [-0.15, -0.1) is 0 Å². The first-order valence-electron chi connectivity index (χ1n) is 15.2. The minimum Gasteiger partial charge on any atom is -0.356 e. The minimum atomic E-state index is -0.675. The Morgan fingerprint density at radius 3 is 2.17 bits per heavy atom. The first-order chi connectivity index (χ1) is 18.3. The fourth-order valence-electron chi connectivity index (χ4n) is 7.24. The molecule has 5 heteroatoms. The lowest BCUT2D eigenvalue weighted by molar-refractivity contribution is -0.131. The van der Waals surface area contributed by atoms with Crippen molar-refractivity contribution < 1.29 is 14.4 Å². The van der Waals surface area contributed by atoms with Crippen molar-refractivity contribution in [2.45, 2.75) is 128 Å². The molecule has 5 nitrogen and oxygen atoms in total. The molecule has 1 N–H and O–H groups in total. The van der Waals surface area contributed by atoms with E-state index in [1.165, 1.54) is 0 Å². The van der Waals surface area contributed by atoms with E-state index < -0.39 is 10.8 Å². The highest BCUT2D eigenvalue weighted by Crippen LogP contribution is 2.64. The molecule has 0 aromatic heterocycles. The number of nitriles is 1. The number of carbonyl (C=O) groups is 3. The summed E-state index contributed by atoms with van der Waals surface area (Å²) in [6, 6.07) is 2.11. The van der Waals surface area contributed by atoms with E-state index in [9.17, 15) is 19.6 Å². The lowest BCUT2D eigenvalue weighted by Crippen LogP contribution is -2.48. The average Bonchev–Trinajstić information content (AvgIpc) is 2.86. The first kappa shape index (κ1) is 33.7. The minimum absolute atomic E-state index is 0.0359. The van der Waals surface area contributed by atoms with E-state index in [2.05, 4.69) is 66.8 Å². The van der Waals surface area contributed by atoms with E-state index in [0.717, 1.165) is 62.5 Å². The highest BCUT2D eigenvalue weighted by atomic mass is 16.2. The highest BCUT2D eigenvalue weighted by Gasteiger charge is 2.55. The number of rotatable bonds is 12. The third-order valence-corrected chi connectivity index (χ3v) is 10.6. The molecule has 40 heavy (non-hydrogen) atoms. The molecule has 1 amide bonds. The summed E-state index contributed by atoms with van der Waals surface area (Å²) in [5, 5.41) is 12.9. The summed E-state index contributed by atoms with van der Waals surface area (Å²) in [7, 11) is 0. The molecular formula is C35H54N2O3. The van der Waals surface area contributed by atoms with Crippen LogP contribution in [0.4, 0.5) is 0 Å². The Morgan fingerprint density at radius 2 is 1.65 bits per heavy atom. The van der Waals surface area contributed by atoms with E-state index in [1.54, 1.807) is 19.1 Å². The SMILES string of the molecule is CCCC(C)(C)CC[C@@](C)(CCC(C)(C)[C@]1(C)CCC2=C(C)C(=O)C(C#N)=C[C@]2(C)/C1=C/C(C)=O)C(=O)NCC. The molecule has 2 rings (SSSR count). The van der Waals surface area contributed by atoms with Gasteiger partial charge in [0.2, 0.25) is 5.91 Å². The van der Waals surface area contributed by atoms with Gasteiger partial charge >= 0.3 is 0 Å². The number of amides is 1.